The van der Waals surface area contributed by atoms with Crippen molar-refractivity contribution in [3.63, 3.8) is 0 Å². The topological polar surface area (TPSA) is 37.3 Å². The number of rotatable bonds is 3. The maximum atomic E-state index is 9.84. The molecule has 0 aromatic rings. The van der Waals surface area contributed by atoms with Crippen LogP contribution in [0.25, 0.3) is 0 Å². The third-order valence-corrected chi connectivity index (χ3v) is 1.13. The zero-order valence-corrected chi connectivity index (χ0v) is 6.03. The Balaban J connectivity index is 3.05. The average molecular weight is 152 g/mol. The summed E-state index contributed by atoms with van der Waals surface area (Å²) in [7, 11) is 0. The summed E-state index contributed by atoms with van der Waals surface area (Å²) < 4.78 is -0.105. The van der Waals surface area contributed by atoms with Crippen molar-refractivity contribution >= 4 is 31.2 Å². The van der Waals surface area contributed by atoms with Crippen molar-refractivity contribution in [2.75, 3.05) is 0 Å². The summed E-state index contributed by atoms with van der Waals surface area (Å²) >= 11 is 7.75. The lowest BCUT2D eigenvalue weighted by atomic mass is 10.3. The third kappa shape index (κ3) is 6.17. The van der Waals surface area contributed by atoms with Gasteiger partial charge in [0.25, 0.3) is 0 Å². The van der Waals surface area contributed by atoms with Gasteiger partial charge in [-0.3, -0.25) is 4.79 Å². The Morgan fingerprint density at radius 3 is 2.25 bits per heavy atom. The minimum absolute atomic E-state index is 0.105. The number of hydrogen-bond donors (Lipinski definition) is 3. The first-order valence-electron chi connectivity index (χ1n) is 2.21. The zero-order chi connectivity index (χ0) is 6.57. The van der Waals surface area contributed by atoms with Crippen LogP contribution in [-0.4, -0.2) is 15.7 Å². The van der Waals surface area contributed by atoms with Crippen LogP contribution >= 0.6 is 25.3 Å². The molecule has 0 aliphatic carbocycles. The molecule has 0 atom stereocenters. The van der Waals surface area contributed by atoms with Crippen LogP contribution in [0.15, 0.2) is 0 Å². The normalized spacial score (nSPS) is 9.88. The largest absolute Gasteiger partial charge is 0.481 e. The molecule has 0 saturated carbocycles. The van der Waals surface area contributed by atoms with Crippen LogP contribution in [0, 0.1) is 0 Å². The second-order valence-corrected chi connectivity index (χ2v) is 3.07. The molecule has 0 aromatic carbocycles. The van der Waals surface area contributed by atoms with Crippen LogP contribution in [-0.2, 0) is 4.79 Å². The van der Waals surface area contributed by atoms with Gasteiger partial charge in [0.1, 0.15) is 0 Å². The minimum Gasteiger partial charge on any atom is -0.481 e. The second-order valence-electron chi connectivity index (χ2n) is 1.41. The summed E-state index contributed by atoms with van der Waals surface area (Å²) in [4.78, 5) is 9.84. The van der Waals surface area contributed by atoms with Gasteiger partial charge in [0, 0.05) is 11.0 Å². The van der Waals surface area contributed by atoms with Crippen LogP contribution in [0.5, 0.6) is 0 Å². The Morgan fingerprint density at radius 2 is 2.12 bits per heavy atom. The van der Waals surface area contributed by atoms with Crippen molar-refractivity contribution in [3.8, 4) is 0 Å². The molecule has 0 spiro atoms. The van der Waals surface area contributed by atoms with Gasteiger partial charge in [0.2, 0.25) is 0 Å². The lowest BCUT2D eigenvalue weighted by Crippen LogP contribution is -1.97. The van der Waals surface area contributed by atoms with Gasteiger partial charge in [-0.1, -0.05) is 0 Å². The number of carboxylic acid groups (broad SMARTS) is 1. The fraction of sp³-hybridized carbons (Fsp3) is 0.750. The monoisotopic (exact) mass is 152 g/mol. The van der Waals surface area contributed by atoms with E-state index in [1.807, 2.05) is 0 Å². The van der Waals surface area contributed by atoms with Gasteiger partial charge in [-0.15, -0.1) is 0 Å². The summed E-state index contributed by atoms with van der Waals surface area (Å²) in [6.45, 7) is 0. The van der Waals surface area contributed by atoms with E-state index in [-0.39, 0.29) is 11.0 Å². The number of thiol groups is 2. The molecule has 0 fully saturated rings. The van der Waals surface area contributed by atoms with Crippen molar-refractivity contribution in [3.05, 3.63) is 0 Å². The lowest BCUT2D eigenvalue weighted by molar-refractivity contribution is -0.137. The zero-order valence-electron chi connectivity index (χ0n) is 4.24. The number of carboxylic acids is 1. The SMILES string of the molecule is O=C(O)CCC(S)S. The van der Waals surface area contributed by atoms with Crippen LogP contribution < -0.4 is 0 Å². The van der Waals surface area contributed by atoms with E-state index in [4.69, 9.17) is 5.11 Å². The molecule has 1 N–H and O–H groups in total. The van der Waals surface area contributed by atoms with E-state index in [1.165, 1.54) is 0 Å². The molecule has 0 aromatic heterocycles. The highest BCUT2D eigenvalue weighted by Gasteiger charge is 1.99. The molecule has 8 heavy (non-hydrogen) atoms. The standard InChI is InChI=1S/C4H8O2S2/c5-3(6)1-2-4(7)8/h4,7-8H,1-2H2,(H,5,6). The van der Waals surface area contributed by atoms with Crippen molar-refractivity contribution in [2.24, 2.45) is 0 Å². The fourth-order valence-corrected chi connectivity index (χ4v) is 0.511. The Morgan fingerprint density at radius 1 is 1.62 bits per heavy atom. The summed E-state index contributed by atoms with van der Waals surface area (Å²) in [5.74, 6) is -0.793. The Bertz CT molecular complexity index is 82.1. The molecule has 0 saturated heterocycles. The quantitative estimate of drug-likeness (QED) is 0.417. The highest BCUT2D eigenvalue weighted by atomic mass is 32.2. The van der Waals surface area contributed by atoms with Gasteiger partial charge in [0.05, 0.1) is 0 Å². The average Bonchev–Trinajstić information content (AvgIpc) is 1.61. The maximum Gasteiger partial charge on any atom is 0.303 e. The molecule has 0 amide bonds. The first kappa shape index (κ1) is 8.17. The van der Waals surface area contributed by atoms with Crippen LogP contribution in [0.3, 0.4) is 0 Å². The maximum absolute atomic E-state index is 9.84. The molecule has 0 heterocycles. The van der Waals surface area contributed by atoms with E-state index in [0.717, 1.165) is 0 Å². The summed E-state index contributed by atoms with van der Waals surface area (Å²) in [6.07, 6.45) is 0.666. The minimum atomic E-state index is -0.793. The van der Waals surface area contributed by atoms with E-state index in [0.29, 0.717) is 6.42 Å². The summed E-state index contributed by atoms with van der Waals surface area (Å²) in [5, 5.41) is 8.09. The summed E-state index contributed by atoms with van der Waals surface area (Å²) in [5.41, 5.74) is 0. The Kier molecular flexibility index (Phi) is 4.18. The predicted molar refractivity (Wildman–Crippen MR) is 38.6 cm³/mol. The first-order chi connectivity index (χ1) is 3.63. The molecule has 0 unspecified atom stereocenters. The smallest absolute Gasteiger partial charge is 0.303 e. The second kappa shape index (κ2) is 4.09. The molecule has 0 radical (unpaired) electrons. The van der Waals surface area contributed by atoms with Gasteiger partial charge in [0.15, 0.2) is 0 Å². The third-order valence-electron chi connectivity index (χ3n) is 0.616. The van der Waals surface area contributed by atoms with E-state index in [1.54, 1.807) is 0 Å². The van der Waals surface area contributed by atoms with Gasteiger partial charge in [-0.25, -0.2) is 0 Å². The van der Waals surface area contributed by atoms with E-state index < -0.39 is 5.97 Å². The molecule has 0 aliphatic rings. The van der Waals surface area contributed by atoms with Crippen molar-refractivity contribution in [1.82, 2.24) is 0 Å². The molecule has 48 valence electrons. The predicted octanol–water partition coefficient (Wildman–Crippen LogP) is 1.04. The van der Waals surface area contributed by atoms with E-state index >= 15 is 0 Å². The van der Waals surface area contributed by atoms with Gasteiger partial charge >= 0.3 is 5.97 Å². The molecular formula is C4H8O2S2. The molecular weight excluding hydrogens is 144 g/mol. The highest BCUT2D eigenvalue weighted by Crippen LogP contribution is 2.07. The van der Waals surface area contributed by atoms with Gasteiger partial charge in [-0.2, -0.15) is 25.3 Å². The molecule has 0 bridgehead atoms. The van der Waals surface area contributed by atoms with E-state index in [2.05, 4.69) is 25.3 Å². The molecule has 0 rings (SSSR count). The Hall–Kier alpha value is 0.170. The summed E-state index contributed by atoms with van der Waals surface area (Å²) in [6, 6.07) is 0. The van der Waals surface area contributed by atoms with Crippen LogP contribution in [0.2, 0.25) is 0 Å². The lowest BCUT2D eigenvalue weighted by Gasteiger charge is -1.96. The van der Waals surface area contributed by atoms with E-state index in [9.17, 15) is 4.79 Å². The Labute approximate surface area is 59.1 Å². The van der Waals surface area contributed by atoms with Crippen molar-refractivity contribution < 1.29 is 9.90 Å². The first-order valence-corrected chi connectivity index (χ1v) is 3.24. The molecule has 0 aliphatic heterocycles. The van der Waals surface area contributed by atoms with Crippen LogP contribution in [0.1, 0.15) is 12.8 Å². The van der Waals surface area contributed by atoms with Crippen molar-refractivity contribution in [1.29, 1.82) is 0 Å². The molecule has 4 heteroatoms. The van der Waals surface area contributed by atoms with Gasteiger partial charge < -0.3 is 5.11 Å². The van der Waals surface area contributed by atoms with Crippen molar-refractivity contribution in [2.45, 2.75) is 17.4 Å². The molecule has 2 nitrogen and oxygen atoms in total. The van der Waals surface area contributed by atoms with Crippen LogP contribution in [0.4, 0.5) is 0 Å². The highest BCUT2D eigenvalue weighted by molar-refractivity contribution is 7.99. The number of carbonyl (C=O) groups is 1. The van der Waals surface area contributed by atoms with Gasteiger partial charge in [-0.05, 0) is 6.42 Å². The number of aliphatic carboxylic acids is 1. The number of hydrogen-bond acceptors (Lipinski definition) is 3. The fourth-order valence-electron chi connectivity index (χ4n) is 0.253.